The van der Waals surface area contributed by atoms with Gasteiger partial charge in [0.25, 0.3) is 0 Å². The van der Waals surface area contributed by atoms with Crippen molar-refractivity contribution >= 4 is 23.4 Å². The van der Waals surface area contributed by atoms with E-state index in [2.05, 4.69) is 15.1 Å². The molecule has 2 fully saturated rings. The zero-order valence-electron chi connectivity index (χ0n) is 16.4. The van der Waals surface area contributed by atoms with Gasteiger partial charge in [-0.2, -0.15) is 0 Å². The minimum absolute atomic E-state index is 0.0211. The van der Waals surface area contributed by atoms with Crippen molar-refractivity contribution < 1.29 is 14.3 Å². The number of halogens is 1. The fourth-order valence-electron chi connectivity index (χ4n) is 3.52. The normalized spacial score (nSPS) is 20.0. The predicted molar refractivity (Wildman–Crippen MR) is 108 cm³/mol. The van der Waals surface area contributed by atoms with Crippen molar-refractivity contribution in [1.82, 2.24) is 20.0 Å². The number of carbonyl (C=O) groups excluding carboxylic acids is 2. The van der Waals surface area contributed by atoms with Gasteiger partial charge in [-0.15, -0.1) is 0 Å². The van der Waals surface area contributed by atoms with E-state index in [0.29, 0.717) is 44.4 Å². The number of nitrogens with zero attached hydrogens (tertiary/aromatic N) is 3. The quantitative estimate of drug-likeness (QED) is 0.755. The number of amides is 2. The van der Waals surface area contributed by atoms with Crippen molar-refractivity contribution in [3.8, 4) is 0 Å². The van der Waals surface area contributed by atoms with Crippen LogP contribution in [-0.2, 0) is 20.9 Å². The van der Waals surface area contributed by atoms with Gasteiger partial charge in [-0.05, 0) is 24.6 Å². The summed E-state index contributed by atoms with van der Waals surface area (Å²) < 4.78 is 5.30. The first kappa shape index (κ1) is 21.0. The third kappa shape index (κ3) is 5.91. The van der Waals surface area contributed by atoms with Crippen LogP contribution in [0.25, 0.3) is 0 Å². The fourth-order valence-corrected chi connectivity index (χ4v) is 3.64. The smallest absolute Gasteiger partial charge is 0.237 e. The Kier molecular flexibility index (Phi) is 7.67. The summed E-state index contributed by atoms with van der Waals surface area (Å²) in [5.74, 6) is 0.193. The first-order valence-electron chi connectivity index (χ1n) is 9.87. The standard InChI is InChI=1S/C20H29ClN4O3/c1-16(20(27)22-14-17-2-4-18(21)5-3-17)24-8-6-23(7-9-24)15-19(26)25-10-12-28-13-11-25/h2-5,16H,6-15H2,1H3,(H,22,27). The molecule has 2 amide bonds. The second-order valence-corrected chi connectivity index (χ2v) is 7.76. The highest BCUT2D eigenvalue weighted by Gasteiger charge is 2.27. The molecule has 3 rings (SSSR count). The van der Waals surface area contributed by atoms with Gasteiger partial charge in [-0.1, -0.05) is 23.7 Å². The van der Waals surface area contributed by atoms with Crippen molar-refractivity contribution in [2.45, 2.75) is 19.5 Å². The van der Waals surface area contributed by atoms with E-state index in [0.717, 1.165) is 31.7 Å². The zero-order valence-corrected chi connectivity index (χ0v) is 17.2. The highest BCUT2D eigenvalue weighted by atomic mass is 35.5. The van der Waals surface area contributed by atoms with E-state index in [4.69, 9.17) is 16.3 Å². The first-order valence-corrected chi connectivity index (χ1v) is 10.2. The van der Waals surface area contributed by atoms with Gasteiger partial charge in [-0.3, -0.25) is 19.4 Å². The molecule has 0 aliphatic carbocycles. The van der Waals surface area contributed by atoms with E-state index in [9.17, 15) is 9.59 Å². The van der Waals surface area contributed by atoms with Crippen molar-refractivity contribution in [1.29, 1.82) is 0 Å². The molecule has 0 spiro atoms. The van der Waals surface area contributed by atoms with Crippen LogP contribution in [0.15, 0.2) is 24.3 Å². The van der Waals surface area contributed by atoms with Gasteiger partial charge in [0.2, 0.25) is 11.8 Å². The summed E-state index contributed by atoms with van der Waals surface area (Å²) in [6.45, 7) is 8.66. The zero-order chi connectivity index (χ0) is 19.9. The lowest BCUT2D eigenvalue weighted by atomic mass is 10.2. The Morgan fingerprint density at radius 3 is 2.36 bits per heavy atom. The van der Waals surface area contributed by atoms with E-state index < -0.39 is 0 Å². The number of hydrogen-bond donors (Lipinski definition) is 1. The maximum atomic E-state index is 12.5. The van der Waals surface area contributed by atoms with E-state index >= 15 is 0 Å². The summed E-state index contributed by atoms with van der Waals surface area (Å²) in [5.41, 5.74) is 1.02. The average Bonchev–Trinajstić information content (AvgIpc) is 2.73. The topological polar surface area (TPSA) is 65.1 Å². The Hall–Kier alpha value is -1.67. The molecule has 1 aromatic rings. The minimum Gasteiger partial charge on any atom is -0.378 e. The van der Waals surface area contributed by atoms with Crippen molar-refractivity contribution in [2.75, 3.05) is 59.0 Å². The summed E-state index contributed by atoms with van der Waals surface area (Å²) in [5, 5.41) is 3.68. The van der Waals surface area contributed by atoms with Crippen molar-refractivity contribution in [2.24, 2.45) is 0 Å². The third-order valence-electron chi connectivity index (χ3n) is 5.44. The molecule has 8 heteroatoms. The molecule has 2 saturated heterocycles. The van der Waals surface area contributed by atoms with Gasteiger partial charge in [0.05, 0.1) is 25.8 Å². The van der Waals surface area contributed by atoms with Gasteiger partial charge in [0.1, 0.15) is 0 Å². The predicted octanol–water partition coefficient (Wildman–Crippen LogP) is 0.821. The van der Waals surface area contributed by atoms with Crippen LogP contribution in [0, 0.1) is 0 Å². The van der Waals surface area contributed by atoms with E-state index in [1.54, 1.807) is 0 Å². The number of carbonyl (C=O) groups is 2. The summed E-state index contributed by atoms with van der Waals surface area (Å²) in [4.78, 5) is 31.1. The molecule has 2 aliphatic rings. The van der Waals surface area contributed by atoms with Crippen LogP contribution >= 0.6 is 11.6 Å². The van der Waals surface area contributed by atoms with Gasteiger partial charge in [0, 0.05) is 50.8 Å². The monoisotopic (exact) mass is 408 g/mol. The Bertz CT molecular complexity index is 656. The average molecular weight is 409 g/mol. The van der Waals surface area contributed by atoms with Crippen molar-refractivity contribution in [3.63, 3.8) is 0 Å². The number of ether oxygens (including phenoxy) is 1. The van der Waals surface area contributed by atoms with Gasteiger partial charge < -0.3 is 15.0 Å². The van der Waals surface area contributed by atoms with E-state index in [1.165, 1.54) is 0 Å². The molecule has 2 heterocycles. The number of morpholine rings is 1. The van der Waals surface area contributed by atoms with E-state index in [1.807, 2.05) is 36.1 Å². The Morgan fingerprint density at radius 1 is 1.07 bits per heavy atom. The molecular weight excluding hydrogens is 380 g/mol. The maximum Gasteiger partial charge on any atom is 0.237 e. The summed E-state index contributed by atoms with van der Waals surface area (Å²) in [7, 11) is 0. The number of nitrogens with one attached hydrogen (secondary N) is 1. The largest absolute Gasteiger partial charge is 0.378 e. The molecule has 0 saturated carbocycles. The number of benzene rings is 1. The summed E-state index contributed by atoms with van der Waals surface area (Å²) in [6.07, 6.45) is 0. The van der Waals surface area contributed by atoms with Gasteiger partial charge in [0.15, 0.2) is 0 Å². The third-order valence-corrected chi connectivity index (χ3v) is 5.69. The second-order valence-electron chi connectivity index (χ2n) is 7.33. The number of piperazine rings is 1. The molecule has 0 radical (unpaired) electrons. The fraction of sp³-hybridized carbons (Fsp3) is 0.600. The Morgan fingerprint density at radius 2 is 1.71 bits per heavy atom. The van der Waals surface area contributed by atoms with Crippen LogP contribution in [0.1, 0.15) is 12.5 Å². The van der Waals surface area contributed by atoms with E-state index in [-0.39, 0.29) is 17.9 Å². The highest BCUT2D eigenvalue weighted by molar-refractivity contribution is 6.30. The molecule has 7 nitrogen and oxygen atoms in total. The van der Waals surface area contributed by atoms with Gasteiger partial charge in [-0.25, -0.2) is 0 Å². The SMILES string of the molecule is CC(C(=O)NCc1ccc(Cl)cc1)N1CCN(CC(=O)N2CCOCC2)CC1. The number of hydrogen-bond acceptors (Lipinski definition) is 5. The molecule has 0 aromatic heterocycles. The van der Waals surface area contributed by atoms with Crippen LogP contribution in [0.4, 0.5) is 0 Å². The molecular formula is C20H29ClN4O3. The molecule has 1 atom stereocenters. The molecule has 154 valence electrons. The molecule has 2 aliphatic heterocycles. The lowest BCUT2D eigenvalue weighted by molar-refractivity contribution is -0.137. The molecule has 0 bridgehead atoms. The molecule has 1 N–H and O–H groups in total. The Labute approximate surface area is 171 Å². The highest BCUT2D eigenvalue weighted by Crippen LogP contribution is 2.11. The van der Waals surface area contributed by atoms with Crippen LogP contribution in [-0.4, -0.2) is 91.6 Å². The van der Waals surface area contributed by atoms with Crippen LogP contribution in [0.5, 0.6) is 0 Å². The lowest BCUT2D eigenvalue weighted by Gasteiger charge is -2.38. The lowest BCUT2D eigenvalue weighted by Crippen LogP contribution is -2.55. The van der Waals surface area contributed by atoms with Crippen molar-refractivity contribution in [3.05, 3.63) is 34.9 Å². The molecule has 1 aromatic carbocycles. The first-order chi connectivity index (χ1) is 13.5. The Balaban J connectivity index is 1.39. The second kappa shape index (κ2) is 10.2. The van der Waals surface area contributed by atoms with Crippen LogP contribution < -0.4 is 5.32 Å². The summed E-state index contributed by atoms with van der Waals surface area (Å²) >= 11 is 5.89. The molecule has 28 heavy (non-hydrogen) atoms. The van der Waals surface area contributed by atoms with Gasteiger partial charge >= 0.3 is 0 Å². The minimum atomic E-state index is -0.190. The van der Waals surface area contributed by atoms with Crippen LogP contribution in [0.2, 0.25) is 5.02 Å². The van der Waals surface area contributed by atoms with Crippen LogP contribution in [0.3, 0.4) is 0 Å². The number of rotatable bonds is 6. The maximum absolute atomic E-state index is 12.5. The molecule has 1 unspecified atom stereocenters. The summed E-state index contributed by atoms with van der Waals surface area (Å²) in [6, 6.07) is 7.28.